The first-order chi connectivity index (χ1) is 6.09. The summed E-state index contributed by atoms with van der Waals surface area (Å²) in [7, 11) is 0. The molecule has 4 heteroatoms. The zero-order chi connectivity index (χ0) is 9.90. The normalized spacial score (nSPS) is 26.8. The fraction of sp³-hybridized carbons (Fsp3) is 0.556. The highest BCUT2D eigenvalue weighted by Crippen LogP contribution is 2.25. The predicted molar refractivity (Wildman–Crippen MR) is 44.9 cm³/mol. The van der Waals surface area contributed by atoms with Crippen molar-refractivity contribution in [2.45, 2.75) is 25.6 Å². The lowest BCUT2D eigenvalue weighted by atomic mass is 10.2. The van der Waals surface area contributed by atoms with Crippen LogP contribution in [-0.4, -0.2) is 24.6 Å². The van der Waals surface area contributed by atoms with Crippen molar-refractivity contribution in [2.75, 3.05) is 6.61 Å². The molecule has 1 aliphatic rings. The monoisotopic (exact) mass is 184 g/mol. The molecule has 0 aromatic carbocycles. The Bertz CT molecular complexity index is 238. The third-order valence-corrected chi connectivity index (χ3v) is 1.81. The van der Waals surface area contributed by atoms with E-state index in [1.165, 1.54) is 6.92 Å². The lowest BCUT2D eigenvalue weighted by Gasteiger charge is -2.21. The molecular weight excluding hydrogens is 172 g/mol. The summed E-state index contributed by atoms with van der Waals surface area (Å²) < 4.78 is 9.94. The number of esters is 1. The second kappa shape index (κ2) is 3.70. The highest BCUT2D eigenvalue weighted by molar-refractivity contribution is 5.88. The van der Waals surface area contributed by atoms with Crippen LogP contribution in [0.1, 0.15) is 19.8 Å². The van der Waals surface area contributed by atoms with Gasteiger partial charge in [-0.05, 0) is 13.3 Å². The quantitative estimate of drug-likeness (QED) is 0.370. The molecule has 13 heavy (non-hydrogen) atoms. The van der Waals surface area contributed by atoms with Crippen LogP contribution in [0.15, 0.2) is 12.2 Å². The van der Waals surface area contributed by atoms with Crippen molar-refractivity contribution in [1.82, 2.24) is 0 Å². The smallest absolute Gasteiger partial charge is 0.335 e. The third-order valence-electron chi connectivity index (χ3n) is 1.81. The molecule has 0 radical (unpaired) electrons. The minimum Gasteiger partial charge on any atom is -0.422 e. The summed E-state index contributed by atoms with van der Waals surface area (Å²) in [6, 6.07) is 0. The third kappa shape index (κ3) is 2.15. The largest absolute Gasteiger partial charge is 0.422 e. The Kier molecular flexibility index (Phi) is 2.83. The van der Waals surface area contributed by atoms with Crippen molar-refractivity contribution in [2.24, 2.45) is 0 Å². The van der Waals surface area contributed by atoms with E-state index in [9.17, 15) is 9.59 Å². The first kappa shape index (κ1) is 9.92. The maximum Gasteiger partial charge on any atom is 0.335 e. The van der Waals surface area contributed by atoms with Crippen LogP contribution >= 0.6 is 0 Å². The molecule has 0 saturated carbocycles. The molecule has 0 spiro atoms. The minimum absolute atomic E-state index is 0.261. The van der Waals surface area contributed by atoms with Gasteiger partial charge in [-0.3, -0.25) is 4.79 Å². The van der Waals surface area contributed by atoms with Crippen LogP contribution in [0, 0.1) is 0 Å². The molecular formula is C9H12O4. The Hall–Kier alpha value is -1.16. The second-order valence-corrected chi connectivity index (χ2v) is 3.05. The van der Waals surface area contributed by atoms with Gasteiger partial charge in [0.05, 0.1) is 6.61 Å². The fourth-order valence-corrected chi connectivity index (χ4v) is 1.08. The summed E-state index contributed by atoms with van der Waals surface area (Å²) >= 11 is 0. The Morgan fingerprint density at radius 2 is 2.38 bits per heavy atom. The second-order valence-electron chi connectivity index (χ2n) is 3.05. The van der Waals surface area contributed by atoms with Crippen molar-refractivity contribution < 1.29 is 19.1 Å². The van der Waals surface area contributed by atoms with E-state index in [1.807, 2.05) is 0 Å². The van der Waals surface area contributed by atoms with Crippen LogP contribution in [0.3, 0.4) is 0 Å². The molecule has 1 atom stereocenters. The number of hydrogen-bond acceptors (Lipinski definition) is 4. The van der Waals surface area contributed by atoms with E-state index >= 15 is 0 Å². The van der Waals surface area contributed by atoms with Crippen molar-refractivity contribution in [3.63, 3.8) is 0 Å². The van der Waals surface area contributed by atoms with Crippen LogP contribution in [0.5, 0.6) is 0 Å². The maximum absolute atomic E-state index is 11.1. The molecule has 0 amide bonds. The molecule has 1 heterocycles. The topological polar surface area (TPSA) is 52.6 Å². The number of carbonyl (C=O) groups excluding carboxylic acids is 2. The summed E-state index contributed by atoms with van der Waals surface area (Å²) in [6.07, 6.45) is 1.68. The van der Waals surface area contributed by atoms with Crippen molar-refractivity contribution in [3.8, 4) is 0 Å². The Balaban J connectivity index is 2.63. The molecule has 1 unspecified atom stereocenters. The highest BCUT2D eigenvalue weighted by atomic mass is 16.7. The fourth-order valence-electron chi connectivity index (χ4n) is 1.08. The van der Waals surface area contributed by atoms with Gasteiger partial charge in [0.1, 0.15) is 0 Å². The summed E-state index contributed by atoms with van der Waals surface area (Å²) in [5.41, 5.74) is 0.261. The van der Waals surface area contributed by atoms with E-state index in [0.29, 0.717) is 19.3 Å². The first-order valence-electron chi connectivity index (χ1n) is 4.09. The van der Waals surface area contributed by atoms with Gasteiger partial charge in [-0.2, -0.15) is 0 Å². The summed E-state index contributed by atoms with van der Waals surface area (Å²) in [5, 5.41) is 0. The Morgan fingerprint density at radius 3 is 2.77 bits per heavy atom. The van der Waals surface area contributed by atoms with Gasteiger partial charge < -0.3 is 9.47 Å². The summed E-state index contributed by atoms with van der Waals surface area (Å²) in [4.78, 5) is 21.8. The van der Waals surface area contributed by atoms with Gasteiger partial charge in [-0.15, -0.1) is 0 Å². The summed E-state index contributed by atoms with van der Waals surface area (Å²) in [6.45, 7) is 5.39. The van der Waals surface area contributed by atoms with Gasteiger partial charge in [-0.25, -0.2) is 4.79 Å². The van der Waals surface area contributed by atoms with Gasteiger partial charge >= 0.3 is 5.97 Å². The molecule has 1 aliphatic heterocycles. The molecule has 0 N–H and O–H groups in total. The van der Waals surface area contributed by atoms with E-state index in [1.54, 1.807) is 0 Å². The molecule has 72 valence electrons. The van der Waals surface area contributed by atoms with Crippen LogP contribution in [0.4, 0.5) is 0 Å². The predicted octanol–water partition coefficient (Wildman–Crippen LogP) is 0.811. The van der Waals surface area contributed by atoms with E-state index < -0.39 is 11.8 Å². The number of ether oxygens (including phenoxy) is 2. The van der Waals surface area contributed by atoms with Crippen molar-refractivity contribution in [1.29, 1.82) is 0 Å². The number of carbonyl (C=O) groups is 2. The Labute approximate surface area is 76.5 Å². The van der Waals surface area contributed by atoms with Gasteiger partial charge in [0, 0.05) is 12.0 Å². The van der Waals surface area contributed by atoms with Gasteiger partial charge in [-0.1, -0.05) is 6.58 Å². The van der Waals surface area contributed by atoms with E-state index in [2.05, 4.69) is 6.58 Å². The van der Waals surface area contributed by atoms with Gasteiger partial charge in [0.15, 0.2) is 6.29 Å². The molecule has 1 rings (SSSR count). The van der Waals surface area contributed by atoms with Crippen LogP contribution in [0.25, 0.3) is 0 Å². The first-order valence-corrected chi connectivity index (χ1v) is 4.09. The minimum atomic E-state index is -1.35. The average molecular weight is 184 g/mol. The molecule has 0 aromatic heterocycles. The van der Waals surface area contributed by atoms with Gasteiger partial charge in [0.2, 0.25) is 0 Å². The average Bonchev–Trinajstić information content (AvgIpc) is 2.54. The SMILES string of the molecule is C=C(C)C(=O)OC1(C=O)CCCO1. The highest BCUT2D eigenvalue weighted by Gasteiger charge is 2.39. The maximum atomic E-state index is 11.1. The van der Waals surface area contributed by atoms with E-state index in [0.717, 1.165) is 6.42 Å². The number of aldehydes is 1. The molecule has 1 fully saturated rings. The van der Waals surface area contributed by atoms with Crippen LogP contribution < -0.4 is 0 Å². The van der Waals surface area contributed by atoms with Crippen LogP contribution in [-0.2, 0) is 19.1 Å². The van der Waals surface area contributed by atoms with Gasteiger partial charge in [0.25, 0.3) is 5.79 Å². The summed E-state index contributed by atoms with van der Waals surface area (Å²) in [5.74, 6) is -1.94. The molecule has 0 bridgehead atoms. The lowest BCUT2D eigenvalue weighted by molar-refractivity contribution is -0.202. The number of hydrogen-bond donors (Lipinski definition) is 0. The molecule has 0 aliphatic carbocycles. The van der Waals surface area contributed by atoms with Crippen molar-refractivity contribution >= 4 is 12.3 Å². The van der Waals surface area contributed by atoms with E-state index in [-0.39, 0.29) is 5.57 Å². The van der Waals surface area contributed by atoms with E-state index in [4.69, 9.17) is 9.47 Å². The molecule has 4 nitrogen and oxygen atoms in total. The zero-order valence-electron chi connectivity index (χ0n) is 7.54. The number of rotatable bonds is 3. The Morgan fingerprint density at radius 1 is 1.69 bits per heavy atom. The van der Waals surface area contributed by atoms with Crippen LogP contribution in [0.2, 0.25) is 0 Å². The molecule has 0 aromatic rings. The lowest BCUT2D eigenvalue weighted by Crippen LogP contribution is -2.36. The van der Waals surface area contributed by atoms with Crippen molar-refractivity contribution in [3.05, 3.63) is 12.2 Å². The zero-order valence-corrected chi connectivity index (χ0v) is 7.54. The standard InChI is InChI=1S/C9H12O4/c1-7(2)8(11)13-9(6-10)4-3-5-12-9/h6H,1,3-5H2,2H3. The molecule has 1 saturated heterocycles.